The van der Waals surface area contributed by atoms with Crippen molar-refractivity contribution in [2.75, 3.05) is 16.8 Å². The van der Waals surface area contributed by atoms with Crippen LogP contribution in [-0.2, 0) is 26.5 Å². The van der Waals surface area contributed by atoms with Crippen LogP contribution in [-0.4, -0.2) is 49.2 Å². The van der Waals surface area contributed by atoms with Gasteiger partial charge in [-0.1, -0.05) is 37.3 Å². The van der Waals surface area contributed by atoms with Gasteiger partial charge in [0.05, 0.1) is 18.3 Å². The quantitative estimate of drug-likeness (QED) is 0.398. The molecule has 2 aliphatic heterocycles. The molecule has 2 heterocycles. The minimum absolute atomic E-state index is 0.133. The number of nitrogens with one attached hydrogen (secondary N) is 1. The van der Waals surface area contributed by atoms with E-state index in [2.05, 4.69) is 5.32 Å². The van der Waals surface area contributed by atoms with Crippen molar-refractivity contribution in [1.82, 2.24) is 0 Å². The van der Waals surface area contributed by atoms with Gasteiger partial charge in [0, 0.05) is 29.3 Å². The van der Waals surface area contributed by atoms with Gasteiger partial charge in [0.15, 0.2) is 5.60 Å². The van der Waals surface area contributed by atoms with Crippen molar-refractivity contribution in [3.05, 3.63) is 59.7 Å². The molecule has 0 aromatic heterocycles. The number of ether oxygens (including phenoxy) is 1. The summed E-state index contributed by atoms with van der Waals surface area (Å²) in [4.78, 5) is 27.5. The Morgan fingerprint density at radius 3 is 2.49 bits per heavy atom. The van der Waals surface area contributed by atoms with E-state index in [0.29, 0.717) is 5.69 Å². The first-order valence-electron chi connectivity index (χ1n) is 12.0. The van der Waals surface area contributed by atoms with E-state index in [9.17, 15) is 19.8 Å². The second-order valence-corrected chi connectivity index (χ2v) is 13.8. The van der Waals surface area contributed by atoms with Gasteiger partial charge >= 0.3 is 0 Å². The summed E-state index contributed by atoms with van der Waals surface area (Å²) in [6.07, 6.45) is -1.36. The predicted molar refractivity (Wildman–Crippen MR) is 134 cm³/mol. The first-order chi connectivity index (χ1) is 16.5. The van der Waals surface area contributed by atoms with Gasteiger partial charge < -0.3 is 29.3 Å². The van der Waals surface area contributed by atoms with Crippen LogP contribution in [0.5, 0.6) is 0 Å². The SMILES string of the molecule is C[C@H](O)C(=O)Nc1ccc(CN2C(=O)[C@]3(O[C@H](CCO)[C@@H]([Si](C)(C)F)[C@@H]3C)c3ccccc32)cc1. The summed E-state index contributed by atoms with van der Waals surface area (Å²) in [7, 11) is -3.22. The van der Waals surface area contributed by atoms with Gasteiger partial charge in [-0.15, -0.1) is 0 Å². The van der Waals surface area contributed by atoms with Crippen molar-refractivity contribution in [3.8, 4) is 0 Å². The van der Waals surface area contributed by atoms with E-state index in [1.807, 2.05) is 43.3 Å². The van der Waals surface area contributed by atoms with Gasteiger partial charge in [-0.05, 0) is 50.2 Å². The summed E-state index contributed by atoms with van der Waals surface area (Å²) in [6, 6.07) is 14.5. The first kappa shape index (κ1) is 25.5. The number of anilines is 2. The summed E-state index contributed by atoms with van der Waals surface area (Å²) < 4.78 is 22.0. The lowest BCUT2D eigenvalue weighted by atomic mass is 9.82. The minimum Gasteiger partial charge on any atom is -0.396 e. The zero-order chi connectivity index (χ0) is 25.5. The largest absolute Gasteiger partial charge is 0.396 e. The lowest BCUT2D eigenvalue weighted by Gasteiger charge is -2.31. The Morgan fingerprint density at radius 2 is 1.89 bits per heavy atom. The molecular formula is C26H33FN2O5Si. The highest BCUT2D eigenvalue weighted by Crippen LogP contribution is 2.60. The fourth-order valence-electron chi connectivity index (χ4n) is 5.68. The fraction of sp³-hybridized carbons (Fsp3) is 0.462. The molecule has 0 saturated carbocycles. The molecule has 2 aliphatic rings. The molecule has 188 valence electrons. The van der Waals surface area contributed by atoms with Crippen LogP contribution < -0.4 is 10.2 Å². The lowest BCUT2D eigenvalue weighted by molar-refractivity contribution is -0.146. The highest BCUT2D eigenvalue weighted by atomic mass is 28.4. The van der Waals surface area contributed by atoms with E-state index in [1.165, 1.54) is 6.92 Å². The van der Waals surface area contributed by atoms with Crippen LogP contribution in [0.4, 0.5) is 15.5 Å². The molecule has 7 nitrogen and oxygen atoms in total. The molecule has 0 bridgehead atoms. The number of halogens is 1. The Kier molecular flexibility index (Phi) is 6.89. The standard InChI is InChI=1S/C26H33FN2O5Si/c1-16-23(35(3,4)27)22(13-14-30)34-26(16)20-7-5-6-8-21(20)29(25(26)33)15-18-9-11-19(12-10-18)28-24(32)17(2)31/h5-12,16-17,22-23,30-31H,13-15H2,1-4H3,(H,28,32)/t16-,17-,22+,23-,26+/m0/s1. The number of carbonyl (C=O) groups excluding carboxylic acids is 2. The van der Waals surface area contributed by atoms with Gasteiger partial charge in [0.25, 0.3) is 11.8 Å². The molecular weight excluding hydrogens is 467 g/mol. The molecule has 1 saturated heterocycles. The van der Waals surface area contributed by atoms with Gasteiger partial charge in [-0.2, -0.15) is 0 Å². The van der Waals surface area contributed by atoms with Crippen molar-refractivity contribution in [3.63, 3.8) is 0 Å². The Morgan fingerprint density at radius 1 is 1.23 bits per heavy atom. The maximum Gasteiger partial charge on any atom is 0.264 e. The number of rotatable bonds is 7. The van der Waals surface area contributed by atoms with Crippen LogP contribution in [0.25, 0.3) is 0 Å². The molecule has 2 amide bonds. The lowest BCUT2D eigenvalue weighted by Crippen LogP contribution is -2.45. The van der Waals surface area contributed by atoms with E-state index in [0.717, 1.165) is 16.8 Å². The van der Waals surface area contributed by atoms with Crippen LogP contribution in [0.1, 0.15) is 31.4 Å². The summed E-state index contributed by atoms with van der Waals surface area (Å²) >= 11 is 0. The Balaban J connectivity index is 1.66. The van der Waals surface area contributed by atoms with E-state index >= 15 is 4.11 Å². The average Bonchev–Trinajstić information content (AvgIpc) is 3.22. The monoisotopic (exact) mass is 500 g/mol. The molecule has 1 fully saturated rings. The third kappa shape index (κ3) is 4.42. The molecule has 2 aromatic carbocycles. The highest BCUT2D eigenvalue weighted by Gasteiger charge is 2.66. The number of benzene rings is 2. The number of aliphatic hydroxyl groups excluding tert-OH is 2. The Hall–Kier alpha value is -2.59. The smallest absolute Gasteiger partial charge is 0.264 e. The summed E-state index contributed by atoms with van der Waals surface area (Å²) in [5.41, 5.74) is 1.14. The van der Waals surface area contributed by atoms with Gasteiger partial charge in [0.1, 0.15) is 6.10 Å². The maximum atomic E-state index is 15.5. The number of hydrogen-bond donors (Lipinski definition) is 3. The second-order valence-electron chi connectivity index (χ2n) is 10.1. The summed E-state index contributed by atoms with van der Waals surface area (Å²) in [6.45, 7) is 6.72. The van der Waals surface area contributed by atoms with Crippen molar-refractivity contribution in [1.29, 1.82) is 0 Å². The van der Waals surface area contributed by atoms with Crippen LogP contribution in [0, 0.1) is 5.92 Å². The maximum absolute atomic E-state index is 15.5. The van der Waals surface area contributed by atoms with Crippen LogP contribution >= 0.6 is 0 Å². The molecule has 0 aliphatic carbocycles. The molecule has 0 radical (unpaired) electrons. The van der Waals surface area contributed by atoms with Gasteiger partial charge in [0.2, 0.25) is 8.41 Å². The molecule has 3 N–H and O–H groups in total. The zero-order valence-electron chi connectivity index (χ0n) is 20.5. The van der Waals surface area contributed by atoms with E-state index in [4.69, 9.17) is 4.74 Å². The number of para-hydroxylation sites is 1. The van der Waals surface area contributed by atoms with E-state index in [-0.39, 0.29) is 31.4 Å². The van der Waals surface area contributed by atoms with Crippen LogP contribution in [0.3, 0.4) is 0 Å². The van der Waals surface area contributed by atoms with Gasteiger partial charge in [-0.3, -0.25) is 9.59 Å². The molecule has 35 heavy (non-hydrogen) atoms. The predicted octanol–water partition coefficient (Wildman–Crippen LogP) is 3.71. The number of hydrogen-bond acceptors (Lipinski definition) is 5. The fourth-order valence-corrected chi connectivity index (χ4v) is 8.22. The summed E-state index contributed by atoms with van der Waals surface area (Å²) in [5, 5.41) is 21.6. The minimum atomic E-state index is -3.22. The van der Waals surface area contributed by atoms with E-state index < -0.39 is 37.7 Å². The number of carbonyl (C=O) groups is 2. The Bertz CT molecular complexity index is 1100. The van der Waals surface area contributed by atoms with Crippen molar-refractivity contribution in [2.24, 2.45) is 5.92 Å². The molecule has 5 atom stereocenters. The molecule has 4 rings (SSSR count). The van der Waals surface area contributed by atoms with E-state index in [1.54, 1.807) is 30.1 Å². The number of nitrogens with zero attached hydrogens (tertiary/aromatic N) is 1. The van der Waals surface area contributed by atoms with Crippen molar-refractivity contribution >= 4 is 31.6 Å². The average molecular weight is 501 g/mol. The normalized spacial score (nSPS) is 26.8. The van der Waals surface area contributed by atoms with Gasteiger partial charge in [-0.25, -0.2) is 0 Å². The summed E-state index contributed by atoms with van der Waals surface area (Å²) in [5.74, 6) is -1.11. The highest BCUT2D eigenvalue weighted by molar-refractivity contribution is 6.72. The number of fused-ring (bicyclic) bond motifs is 2. The zero-order valence-corrected chi connectivity index (χ0v) is 21.5. The topological polar surface area (TPSA) is 99.1 Å². The van der Waals surface area contributed by atoms with Crippen LogP contribution in [0.15, 0.2) is 48.5 Å². The van der Waals surface area contributed by atoms with Crippen LogP contribution in [0.2, 0.25) is 18.6 Å². The molecule has 0 unspecified atom stereocenters. The van der Waals surface area contributed by atoms with Crippen molar-refractivity contribution in [2.45, 2.75) is 63.3 Å². The number of amides is 2. The Labute approximate surface area is 206 Å². The second kappa shape index (κ2) is 9.46. The molecule has 9 heteroatoms. The van der Waals surface area contributed by atoms with Crippen molar-refractivity contribution < 1.29 is 28.6 Å². The number of aliphatic hydroxyl groups is 2. The third-order valence-corrected chi connectivity index (χ3v) is 9.68. The third-order valence-electron chi connectivity index (χ3n) is 7.22. The molecule has 2 aromatic rings. The first-order valence-corrected chi connectivity index (χ1v) is 14.9. The molecule has 1 spiro atoms.